The number of fused-ring (bicyclic) bond motifs is 1. The van der Waals surface area contributed by atoms with Crippen molar-refractivity contribution in [2.45, 2.75) is 64.5 Å². The van der Waals surface area contributed by atoms with Gasteiger partial charge in [-0.15, -0.1) is 0 Å². The number of benzene rings is 2. The molecule has 2 N–H and O–H groups in total. The molecule has 2 fully saturated rings. The molecule has 0 aromatic heterocycles. The van der Waals surface area contributed by atoms with E-state index >= 15 is 0 Å². The third kappa shape index (κ3) is 3.41. The van der Waals surface area contributed by atoms with E-state index in [1.165, 1.54) is 37.7 Å². The minimum absolute atomic E-state index is 0.00887. The molecule has 0 saturated heterocycles. The van der Waals surface area contributed by atoms with Crippen LogP contribution in [-0.4, -0.2) is 17.6 Å². The summed E-state index contributed by atoms with van der Waals surface area (Å²) < 4.78 is 0. The van der Waals surface area contributed by atoms with Crippen LogP contribution in [0.3, 0.4) is 0 Å². The molecule has 2 aromatic rings. The van der Waals surface area contributed by atoms with Gasteiger partial charge in [0.05, 0.1) is 6.54 Å². The van der Waals surface area contributed by atoms with E-state index in [0.29, 0.717) is 18.7 Å². The average molecular weight is 405 g/mol. The molecule has 0 bridgehead atoms. The topological polar surface area (TPSA) is 52.6 Å². The summed E-state index contributed by atoms with van der Waals surface area (Å²) in [6.07, 6.45) is 6.36. The van der Waals surface area contributed by atoms with Gasteiger partial charge in [-0.05, 0) is 84.9 Å². The highest BCUT2D eigenvalue weighted by Crippen LogP contribution is 2.48. The maximum atomic E-state index is 13.2. The lowest BCUT2D eigenvalue weighted by molar-refractivity contribution is 0.0996. The highest BCUT2D eigenvalue weighted by molar-refractivity contribution is 6.10. The van der Waals surface area contributed by atoms with E-state index in [1.54, 1.807) is 0 Å². The van der Waals surface area contributed by atoms with Crippen LogP contribution in [0.2, 0.25) is 0 Å². The fourth-order valence-corrected chi connectivity index (χ4v) is 5.64. The molecule has 158 valence electrons. The summed E-state index contributed by atoms with van der Waals surface area (Å²) >= 11 is 0. The highest BCUT2D eigenvalue weighted by atomic mass is 16.3. The molecular weight excluding hydrogens is 372 g/mol. The predicted molar refractivity (Wildman–Crippen MR) is 120 cm³/mol. The second-order valence-corrected chi connectivity index (χ2v) is 10.1. The number of phenols is 1. The molecule has 2 aliphatic carbocycles. The van der Waals surface area contributed by atoms with E-state index < -0.39 is 0 Å². The summed E-state index contributed by atoms with van der Waals surface area (Å²) in [6, 6.07) is 12.2. The zero-order valence-electron chi connectivity index (χ0n) is 18.1. The largest absolute Gasteiger partial charge is 0.508 e. The van der Waals surface area contributed by atoms with Gasteiger partial charge in [0.1, 0.15) is 5.75 Å². The van der Waals surface area contributed by atoms with Crippen LogP contribution < -0.4 is 10.2 Å². The number of phenolic OH excluding ortho intramolecular Hbond substituents is 1. The number of hydrogen-bond acceptors (Lipinski definition) is 3. The Morgan fingerprint density at radius 2 is 2.00 bits per heavy atom. The van der Waals surface area contributed by atoms with Gasteiger partial charge in [0, 0.05) is 23.4 Å². The van der Waals surface area contributed by atoms with Crippen LogP contribution in [0.15, 0.2) is 36.4 Å². The number of carbonyl (C=O) groups is 1. The minimum atomic E-state index is -0.00887. The first-order chi connectivity index (χ1) is 14.4. The first kappa shape index (κ1) is 19.6. The molecule has 4 nitrogen and oxygen atoms in total. The van der Waals surface area contributed by atoms with Gasteiger partial charge >= 0.3 is 0 Å². The van der Waals surface area contributed by atoms with Gasteiger partial charge in [-0.3, -0.25) is 4.79 Å². The molecule has 30 heavy (non-hydrogen) atoms. The Morgan fingerprint density at radius 1 is 1.20 bits per heavy atom. The normalized spacial score (nSPS) is 25.7. The zero-order chi connectivity index (χ0) is 20.9. The first-order valence-electron chi connectivity index (χ1n) is 11.4. The fraction of sp³-hybridized carbons (Fsp3) is 0.500. The Kier molecular flexibility index (Phi) is 4.85. The van der Waals surface area contributed by atoms with E-state index in [4.69, 9.17) is 0 Å². The van der Waals surface area contributed by atoms with Crippen molar-refractivity contribution in [3.63, 3.8) is 0 Å². The SMILES string of the molecule is CC1CC(C)(c2cccc(N3Cc4c(O)cc(CNCC5CCC5)cc4C3=O)c2)C1. The van der Waals surface area contributed by atoms with E-state index in [9.17, 15) is 9.90 Å². The predicted octanol–water partition coefficient (Wildman–Crippen LogP) is 5.13. The van der Waals surface area contributed by atoms with Gasteiger partial charge in [-0.2, -0.15) is 0 Å². The summed E-state index contributed by atoms with van der Waals surface area (Å²) in [4.78, 5) is 15.0. The maximum absolute atomic E-state index is 13.2. The molecule has 4 heteroatoms. The Bertz CT molecular complexity index is 973. The lowest BCUT2D eigenvalue weighted by Gasteiger charge is -2.44. The third-order valence-electron chi connectivity index (χ3n) is 7.52. The van der Waals surface area contributed by atoms with Gasteiger partial charge in [0.2, 0.25) is 0 Å². The molecule has 0 spiro atoms. The van der Waals surface area contributed by atoms with E-state index in [1.807, 2.05) is 23.1 Å². The second kappa shape index (κ2) is 7.42. The molecule has 2 aromatic carbocycles. The lowest BCUT2D eigenvalue weighted by Crippen LogP contribution is -2.37. The van der Waals surface area contributed by atoms with Crippen molar-refractivity contribution in [3.05, 3.63) is 58.7 Å². The van der Waals surface area contributed by atoms with Crippen LogP contribution in [0.25, 0.3) is 0 Å². The van der Waals surface area contributed by atoms with Crippen molar-refractivity contribution < 1.29 is 9.90 Å². The van der Waals surface area contributed by atoms with E-state index in [2.05, 4.69) is 37.4 Å². The number of anilines is 1. The number of amides is 1. The van der Waals surface area contributed by atoms with Gasteiger partial charge in [0.25, 0.3) is 5.91 Å². The van der Waals surface area contributed by atoms with Crippen LogP contribution in [-0.2, 0) is 18.5 Å². The maximum Gasteiger partial charge on any atom is 0.259 e. The van der Waals surface area contributed by atoms with Crippen LogP contribution in [0.4, 0.5) is 5.69 Å². The Labute approximate surface area is 179 Å². The molecule has 1 amide bonds. The van der Waals surface area contributed by atoms with Crippen LogP contribution in [0.1, 0.15) is 73.0 Å². The molecular formula is C26H32N2O2. The van der Waals surface area contributed by atoms with Crippen molar-refractivity contribution >= 4 is 11.6 Å². The first-order valence-corrected chi connectivity index (χ1v) is 11.4. The summed E-state index contributed by atoms with van der Waals surface area (Å²) in [5, 5.41) is 14.1. The second-order valence-electron chi connectivity index (χ2n) is 10.1. The smallest absolute Gasteiger partial charge is 0.259 e. The standard InChI is InChI=1S/C26H32N2O2/c1-17-12-26(2,13-17)20-7-4-8-21(11-20)28-16-23-22(25(28)30)9-19(10-24(23)29)15-27-14-18-5-3-6-18/h4,7-11,17-18,27,29H,3,5-6,12-16H2,1-2H3. The molecule has 0 unspecified atom stereocenters. The zero-order valence-corrected chi connectivity index (χ0v) is 18.1. The Morgan fingerprint density at radius 3 is 2.70 bits per heavy atom. The molecule has 2 saturated carbocycles. The Balaban J connectivity index is 1.34. The summed E-state index contributed by atoms with van der Waals surface area (Å²) in [7, 11) is 0. The number of rotatable bonds is 6. The molecule has 0 atom stereocenters. The van der Waals surface area contributed by atoms with Crippen LogP contribution >= 0.6 is 0 Å². The quantitative estimate of drug-likeness (QED) is 0.702. The number of aromatic hydroxyl groups is 1. The Hall–Kier alpha value is -2.33. The van der Waals surface area contributed by atoms with Crippen LogP contribution in [0, 0.1) is 11.8 Å². The highest BCUT2D eigenvalue weighted by Gasteiger charge is 2.39. The number of nitrogens with zero attached hydrogens (tertiary/aromatic N) is 1. The summed E-state index contributed by atoms with van der Waals surface area (Å²) in [5.41, 5.74) is 4.82. The summed E-state index contributed by atoms with van der Waals surface area (Å²) in [6.45, 7) is 6.76. The fourth-order valence-electron chi connectivity index (χ4n) is 5.64. The number of nitrogens with one attached hydrogen (secondary N) is 1. The van der Waals surface area contributed by atoms with Gasteiger partial charge < -0.3 is 15.3 Å². The lowest BCUT2D eigenvalue weighted by atomic mass is 9.60. The monoisotopic (exact) mass is 404 g/mol. The van der Waals surface area contributed by atoms with Crippen molar-refractivity contribution in [2.75, 3.05) is 11.4 Å². The van der Waals surface area contributed by atoms with E-state index in [-0.39, 0.29) is 17.1 Å². The average Bonchev–Trinajstić information content (AvgIpc) is 3.00. The van der Waals surface area contributed by atoms with Crippen LogP contribution in [0.5, 0.6) is 5.75 Å². The van der Waals surface area contributed by atoms with Crippen molar-refractivity contribution in [3.8, 4) is 5.75 Å². The van der Waals surface area contributed by atoms with Gasteiger partial charge in [-0.1, -0.05) is 32.4 Å². The van der Waals surface area contributed by atoms with Crippen molar-refractivity contribution in [1.82, 2.24) is 5.32 Å². The molecule has 5 rings (SSSR count). The van der Waals surface area contributed by atoms with Crippen molar-refractivity contribution in [2.24, 2.45) is 11.8 Å². The molecule has 1 heterocycles. The van der Waals surface area contributed by atoms with Gasteiger partial charge in [-0.25, -0.2) is 0 Å². The molecule has 0 radical (unpaired) electrons. The van der Waals surface area contributed by atoms with E-state index in [0.717, 1.165) is 35.2 Å². The third-order valence-corrected chi connectivity index (χ3v) is 7.52. The van der Waals surface area contributed by atoms with Crippen molar-refractivity contribution in [1.29, 1.82) is 0 Å². The minimum Gasteiger partial charge on any atom is -0.508 e. The number of carbonyl (C=O) groups excluding carboxylic acids is 1. The summed E-state index contributed by atoms with van der Waals surface area (Å²) in [5.74, 6) is 1.78. The molecule has 1 aliphatic heterocycles. The number of hydrogen-bond donors (Lipinski definition) is 2. The van der Waals surface area contributed by atoms with Gasteiger partial charge in [0.15, 0.2) is 0 Å². The molecule has 3 aliphatic rings.